The summed E-state index contributed by atoms with van der Waals surface area (Å²) >= 11 is 0. The third-order valence-electron chi connectivity index (χ3n) is 4.28. The van der Waals surface area contributed by atoms with Crippen molar-refractivity contribution in [1.29, 1.82) is 0 Å². The number of benzene rings is 1. The molecular formula is C19H23N3O6. The van der Waals surface area contributed by atoms with Gasteiger partial charge >= 0.3 is 5.69 Å². The number of ether oxygens (including phenoxy) is 3. The monoisotopic (exact) mass is 389 g/mol. The molecule has 0 radical (unpaired) electrons. The van der Waals surface area contributed by atoms with Crippen molar-refractivity contribution in [3.63, 3.8) is 0 Å². The first-order valence-corrected chi connectivity index (χ1v) is 9.12. The minimum absolute atomic E-state index is 0.0830. The third-order valence-corrected chi connectivity index (χ3v) is 4.28. The number of rotatable bonds is 10. The summed E-state index contributed by atoms with van der Waals surface area (Å²) in [7, 11) is 0. The van der Waals surface area contributed by atoms with Crippen molar-refractivity contribution in [2.45, 2.75) is 32.7 Å². The second-order valence-corrected chi connectivity index (χ2v) is 6.40. The van der Waals surface area contributed by atoms with Gasteiger partial charge in [-0.15, -0.1) is 0 Å². The van der Waals surface area contributed by atoms with Gasteiger partial charge in [-0.05, 0) is 50.9 Å². The molecule has 1 aromatic heterocycles. The van der Waals surface area contributed by atoms with E-state index in [0.29, 0.717) is 23.6 Å². The number of nitro groups is 1. The molecule has 1 aromatic carbocycles. The first kappa shape index (κ1) is 19.8. The second-order valence-electron chi connectivity index (χ2n) is 6.40. The van der Waals surface area contributed by atoms with Gasteiger partial charge in [0, 0.05) is 18.8 Å². The second kappa shape index (κ2) is 9.34. The minimum Gasteiger partial charge on any atom is -0.452 e. The molecule has 0 unspecified atom stereocenters. The number of fused-ring (bicyclic) bond motifs is 1. The number of aryl methyl sites for hydroxylation is 1. The largest absolute Gasteiger partial charge is 0.452 e. The average Bonchev–Trinajstić information content (AvgIpc) is 3.16. The number of aliphatic hydroxyl groups is 1. The Kier molecular flexibility index (Phi) is 6.62. The summed E-state index contributed by atoms with van der Waals surface area (Å²) in [4.78, 5) is 15.3. The molecule has 0 amide bonds. The van der Waals surface area contributed by atoms with Gasteiger partial charge in [0.25, 0.3) is 0 Å². The van der Waals surface area contributed by atoms with Gasteiger partial charge in [-0.25, -0.2) is 0 Å². The van der Waals surface area contributed by atoms with Crippen molar-refractivity contribution in [2.75, 3.05) is 19.9 Å². The molecule has 0 spiro atoms. The molecule has 1 aliphatic rings. The van der Waals surface area contributed by atoms with E-state index in [-0.39, 0.29) is 37.1 Å². The Balaban J connectivity index is 1.83. The van der Waals surface area contributed by atoms with Gasteiger partial charge in [-0.1, -0.05) is 0 Å². The normalized spacial score (nSPS) is 12.2. The highest BCUT2D eigenvalue weighted by molar-refractivity contribution is 5.68. The number of nitro benzene ring substituents is 1. The summed E-state index contributed by atoms with van der Waals surface area (Å²) in [5, 5.41) is 23.6. The quantitative estimate of drug-likeness (QED) is 0.362. The number of hydrogen-bond donors (Lipinski definition) is 2. The number of pyridine rings is 1. The maximum absolute atomic E-state index is 11.6. The van der Waals surface area contributed by atoms with Crippen LogP contribution in [0.5, 0.6) is 23.0 Å². The zero-order chi connectivity index (χ0) is 19.9. The third kappa shape index (κ3) is 4.68. The van der Waals surface area contributed by atoms with Crippen LogP contribution in [0, 0.1) is 17.0 Å². The van der Waals surface area contributed by atoms with Gasteiger partial charge in [-0.3, -0.25) is 15.1 Å². The fraction of sp³-hybridized carbons (Fsp3) is 0.421. The predicted molar refractivity (Wildman–Crippen MR) is 101 cm³/mol. The van der Waals surface area contributed by atoms with Crippen molar-refractivity contribution < 1.29 is 24.2 Å². The van der Waals surface area contributed by atoms with Crippen molar-refractivity contribution in [1.82, 2.24) is 10.3 Å². The molecule has 0 saturated carbocycles. The van der Waals surface area contributed by atoms with E-state index < -0.39 is 4.92 Å². The summed E-state index contributed by atoms with van der Waals surface area (Å²) in [6, 6.07) is 5.18. The van der Waals surface area contributed by atoms with E-state index in [1.807, 2.05) is 13.0 Å². The van der Waals surface area contributed by atoms with Crippen molar-refractivity contribution in [2.24, 2.45) is 0 Å². The molecule has 0 saturated heterocycles. The Labute approximate surface area is 162 Å². The smallest absolute Gasteiger partial charge is 0.319 e. The van der Waals surface area contributed by atoms with Crippen LogP contribution >= 0.6 is 0 Å². The predicted octanol–water partition coefficient (Wildman–Crippen LogP) is 3.07. The highest BCUT2D eigenvalue weighted by Gasteiger charge is 2.33. The van der Waals surface area contributed by atoms with Crippen LogP contribution in [0.25, 0.3) is 0 Å². The maximum atomic E-state index is 11.6. The van der Waals surface area contributed by atoms with Gasteiger partial charge in [0.1, 0.15) is 5.75 Å². The van der Waals surface area contributed by atoms with E-state index in [1.54, 1.807) is 18.3 Å². The molecule has 9 heteroatoms. The summed E-state index contributed by atoms with van der Waals surface area (Å²) in [6.45, 7) is 2.91. The Bertz CT molecular complexity index is 825. The number of aliphatic hydroxyl groups excluding tert-OH is 1. The van der Waals surface area contributed by atoms with Crippen molar-refractivity contribution in [3.8, 4) is 23.0 Å². The lowest BCUT2D eigenvalue weighted by molar-refractivity contribution is -0.386. The summed E-state index contributed by atoms with van der Waals surface area (Å²) in [5.41, 5.74) is 1.18. The minimum atomic E-state index is -0.465. The molecule has 150 valence electrons. The molecular weight excluding hydrogens is 366 g/mol. The Morgan fingerprint density at radius 1 is 1.29 bits per heavy atom. The van der Waals surface area contributed by atoms with Crippen LogP contribution < -0.4 is 19.5 Å². The number of nitrogens with one attached hydrogen (secondary N) is 1. The van der Waals surface area contributed by atoms with E-state index in [4.69, 9.17) is 19.3 Å². The average molecular weight is 389 g/mol. The number of aromatic nitrogens is 1. The highest BCUT2D eigenvalue weighted by Crippen LogP contribution is 2.50. The first-order chi connectivity index (χ1) is 13.6. The van der Waals surface area contributed by atoms with Crippen LogP contribution in [0.4, 0.5) is 5.69 Å². The van der Waals surface area contributed by atoms with Gasteiger partial charge in [0.15, 0.2) is 5.75 Å². The standard InChI is InChI=1S/C19H23N3O6/c1-13-5-6-15(11-21-13)28-16-9-14(10-20-7-3-2-4-8-23)17(22(24)25)19-18(16)26-12-27-19/h5-6,9,11,20,23H,2-4,7-8,10,12H2,1H3. The van der Waals surface area contributed by atoms with Crippen LogP contribution in [-0.4, -0.2) is 35.0 Å². The number of unbranched alkanes of at least 4 members (excludes halogenated alkanes) is 2. The van der Waals surface area contributed by atoms with E-state index in [0.717, 1.165) is 25.0 Å². The van der Waals surface area contributed by atoms with Crippen LogP contribution in [0.15, 0.2) is 24.4 Å². The molecule has 0 aliphatic carbocycles. The van der Waals surface area contributed by atoms with E-state index in [9.17, 15) is 10.1 Å². The summed E-state index contributed by atoms with van der Waals surface area (Å²) in [6.07, 6.45) is 4.09. The fourth-order valence-electron chi connectivity index (χ4n) is 2.89. The Hall–Kier alpha value is -2.91. The molecule has 3 rings (SSSR count). The van der Waals surface area contributed by atoms with Crippen LogP contribution in [-0.2, 0) is 6.54 Å². The SMILES string of the molecule is Cc1ccc(Oc2cc(CNCCCCCO)c([N+](=O)[O-])c3c2OCO3)cn1. The van der Waals surface area contributed by atoms with Crippen LogP contribution in [0.2, 0.25) is 0 Å². The van der Waals surface area contributed by atoms with Crippen LogP contribution in [0.3, 0.4) is 0 Å². The first-order valence-electron chi connectivity index (χ1n) is 9.12. The molecule has 0 fully saturated rings. The van der Waals surface area contributed by atoms with E-state index in [2.05, 4.69) is 10.3 Å². The zero-order valence-electron chi connectivity index (χ0n) is 15.6. The summed E-state index contributed by atoms with van der Waals surface area (Å²) < 4.78 is 16.7. The van der Waals surface area contributed by atoms with E-state index in [1.165, 1.54) is 0 Å². The molecule has 28 heavy (non-hydrogen) atoms. The van der Waals surface area contributed by atoms with Crippen molar-refractivity contribution in [3.05, 3.63) is 45.8 Å². The molecule has 0 atom stereocenters. The molecule has 1 aliphatic heterocycles. The van der Waals surface area contributed by atoms with Gasteiger partial charge in [0.2, 0.25) is 18.3 Å². The number of nitrogens with zero attached hydrogens (tertiary/aromatic N) is 2. The summed E-state index contributed by atoms with van der Waals surface area (Å²) in [5.74, 6) is 1.15. The highest BCUT2D eigenvalue weighted by atomic mass is 16.7. The fourth-order valence-corrected chi connectivity index (χ4v) is 2.89. The van der Waals surface area contributed by atoms with Gasteiger partial charge < -0.3 is 24.6 Å². The Morgan fingerprint density at radius 2 is 2.11 bits per heavy atom. The molecule has 2 N–H and O–H groups in total. The van der Waals surface area contributed by atoms with Crippen LogP contribution in [0.1, 0.15) is 30.5 Å². The molecule has 2 heterocycles. The zero-order valence-corrected chi connectivity index (χ0v) is 15.6. The van der Waals surface area contributed by atoms with Gasteiger partial charge in [-0.2, -0.15) is 0 Å². The molecule has 2 aromatic rings. The van der Waals surface area contributed by atoms with E-state index >= 15 is 0 Å². The lowest BCUT2D eigenvalue weighted by atomic mass is 10.1. The Morgan fingerprint density at radius 3 is 2.82 bits per heavy atom. The topological polar surface area (TPSA) is 116 Å². The number of hydrogen-bond acceptors (Lipinski definition) is 8. The maximum Gasteiger partial charge on any atom is 0.319 e. The van der Waals surface area contributed by atoms with Gasteiger partial charge in [0.05, 0.1) is 16.7 Å². The molecule has 9 nitrogen and oxygen atoms in total. The van der Waals surface area contributed by atoms with Crippen molar-refractivity contribution >= 4 is 5.69 Å². The lowest BCUT2D eigenvalue weighted by Crippen LogP contribution is -2.16. The lowest BCUT2D eigenvalue weighted by Gasteiger charge is -2.12. The molecule has 0 bridgehead atoms.